The quantitative estimate of drug-likeness (QED) is 0.719. The summed E-state index contributed by atoms with van der Waals surface area (Å²) in [7, 11) is -3.04. The lowest BCUT2D eigenvalue weighted by atomic mass is 10.1. The number of ether oxygens (including phenoxy) is 1. The predicted octanol–water partition coefficient (Wildman–Crippen LogP) is 2.10. The van der Waals surface area contributed by atoms with Crippen molar-refractivity contribution in [3.63, 3.8) is 0 Å². The maximum atomic E-state index is 12.2. The van der Waals surface area contributed by atoms with Crippen molar-refractivity contribution in [2.75, 3.05) is 23.4 Å². The summed E-state index contributed by atoms with van der Waals surface area (Å²) in [5, 5.41) is 7.22. The van der Waals surface area contributed by atoms with Gasteiger partial charge in [0.05, 0.1) is 34.3 Å². The van der Waals surface area contributed by atoms with Gasteiger partial charge in [-0.1, -0.05) is 17.7 Å². The fraction of sp³-hybridized carbons (Fsp3) is 0.450. The first kappa shape index (κ1) is 21.0. The topological polar surface area (TPSA) is 107 Å². The summed E-state index contributed by atoms with van der Waals surface area (Å²) < 4.78 is 29.7. The number of benzene rings is 1. The largest absolute Gasteiger partial charge is 0.456 e. The number of carbonyl (C=O) groups is 2. The van der Waals surface area contributed by atoms with Crippen LogP contribution in [0, 0.1) is 26.7 Å². The first-order valence-electron chi connectivity index (χ1n) is 9.44. The van der Waals surface area contributed by atoms with Gasteiger partial charge in [0, 0.05) is 6.42 Å². The van der Waals surface area contributed by atoms with Crippen LogP contribution in [0.2, 0.25) is 0 Å². The first-order chi connectivity index (χ1) is 13.6. The molecule has 0 bridgehead atoms. The molecule has 1 atom stereocenters. The summed E-state index contributed by atoms with van der Waals surface area (Å²) in [6, 6.07) is 7.87. The van der Waals surface area contributed by atoms with E-state index in [1.54, 1.807) is 11.6 Å². The fourth-order valence-corrected chi connectivity index (χ4v) is 5.27. The molecule has 1 fully saturated rings. The molecule has 1 unspecified atom stereocenters. The van der Waals surface area contributed by atoms with E-state index in [0.717, 1.165) is 16.9 Å². The zero-order valence-electron chi connectivity index (χ0n) is 16.8. The van der Waals surface area contributed by atoms with E-state index in [0.29, 0.717) is 17.8 Å². The molecule has 2 aromatic rings. The number of amides is 1. The van der Waals surface area contributed by atoms with E-state index in [4.69, 9.17) is 4.74 Å². The Morgan fingerprint density at radius 2 is 1.90 bits per heavy atom. The van der Waals surface area contributed by atoms with Gasteiger partial charge in [0.2, 0.25) is 0 Å². The van der Waals surface area contributed by atoms with Gasteiger partial charge in [0.1, 0.15) is 0 Å². The van der Waals surface area contributed by atoms with Crippen LogP contribution in [0.1, 0.15) is 29.8 Å². The van der Waals surface area contributed by atoms with Crippen molar-refractivity contribution in [2.45, 2.75) is 33.6 Å². The van der Waals surface area contributed by atoms with Crippen LogP contribution >= 0.6 is 0 Å². The van der Waals surface area contributed by atoms with Crippen molar-refractivity contribution >= 4 is 27.4 Å². The molecular formula is C20H25N3O5S. The van der Waals surface area contributed by atoms with Crippen LogP contribution in [0.3, 0.4) is 0 Å². The molecule has 1 aromatic carbocycles. The Labute approximate surface area is 170 Å². The number of sulfone groups is 1. The summed E-state index contributed by atoms with van der Waals surface area (Å²) in [5.41, 5.74) is 4.02. The summed E-state index contributed by atoms with van der Waals surface area (Å²) in [6.45, 7) is 5.22. The number of aryl methyl sites for hydroxylation is 2. The van der Waals surface area contributed by atoms with Gasteiger partial charge in [-0.3, -0.25) is 9.59 Å². The van der Waals surface area contributed by atoms with Crippen molar-refractivity contribution in [2.24, 2.45) is 5.92 Å². The van der Waals surface area contributed by atoms with Gasteiger partial charge in [0.25, 0.3) is 5.91 Å². The van der Waals surface area contributed by atoms with E-state index in [1.165, 1.54) is 0 Å². The van der Waals surface area contributed by atoms with Crippen LogP contribution in [-0.4, -0.2) is 48.2 Å². The highest BCUT2D eigenvalue weighted by Crippen LogP contribution is 2.24. The lowest BCUT2D eigenvalue weighted by molar-refractivity contribution is -0.148. The summed E-state index contributed by atoms with van der Waals surface area (Å²) in [5.74, 6) is -1.15. The minimum absolute atomic E-state index is 0.00484. The average Bonchev–Trinajstić information content (AvgIpc) is 3.13. The van der Waals surface area contributed by atoms with E-state index in [1.807, 2.05) is 38.1 Å². The predicted molar refractivity (Wildman–Crippen MR) is 109 cm³/mol. The number of hydrogen-bond donors (Lipinski definition) is 1. The minimum atomic E-state index is -3.04. The number of rotatable bonds is 6. The fourth-order valence-electron chi connectivity index (χ4n) is 3.41. The van der Waals surface area contributed by atoms with E-state index >= 15 is 0 Å². The van der Waals surface area contributed by atoms with Gasteiger partial charge in [-0.25, -0.2) is 13.1 Å². The monoisotopic (exact) mass is 419 g/mol. The van der Waals surface area contributed by atoms with Gasteiger partial charge < -0.3 is 10.1 Å². The molecule has 1 amide bonds. The highest BCUT2D eigenvalue weighted by Gasteiger charge is 2.30. The lowest BCUT2D eigenvalue weighted by Crippen LogP contribution is -2.22. The number of hydrogen-bond acceptors (Lipinski definition) is 6. The van der Waals surface area contributed by atoms with Crippen LogP contribution in [0.25, 0.3) is 5.69 Å². The Morgan fingerprint density at radius 3 is 2.52 bits per heavy atom. The number of anilines is 1. The van der Waals surface area contributed by atoms with Gasteiger partial charge in [-0.05, 0) is 45.2 Å². The van der Waals surface area contributed by atoms with Crippen LogP contribution in [0.4, 0.5) is 5.69 Å². The Hall–Kier alpha value is -2.68. The van der Waals surface area contributed by atoms with Gasteiger partial charge in [-0.15, -0.1) is 0 Å². The van der Waals surface area contributed by atoms with Crippen molar-refractivity contribution < 1.29 is 22.7 Å². The first-order valence-corrected chi connectivity index (χ1v) is 11.3. The second-order valence-corrected chi connectivity index (χ2v) is 9.70. The highest BCUT2D eigenvalue weighted by molar-refractivity contribution is 7.91. The van der Waals surface area contributed by atoms with E-state index in [-0.39, 0.29) is 23.8 Å². The van der Waals surface area contributed by atoms with E-state index in [2.05, 4.69) is 10.4 Å². The molecule has 29 heavy (non-hydrogen) atoms. The van der Waals surface area contributed by atoms with Crippen molar-refractivity contribution in [1.82, 2.24) is 9.78 Å². The van der Waals surface area contributed by atoms with Gasteiger partial charge >= 0.3 is 5.97 Å². The second kappa shape index (κ2) is 8.36. The number of carbonyl (C=O) groups excluding carboxylic acids is 2. The summed E-state index contributed by atoms with van der Waals surface area (Å²) in [4.78, 5) is 24.1. The van der Waals surface area contributed by atoms with Crippen molar-refractivity contribution in [3.8, 4) is 5.69 Å². The number of nitrogens with zero attached hydrogens (tertiary/aromatic N) is 2. The maximum absolute atomic E-state index is 12.2. The van der Waals surface area contributed by atoms with Crippen LogP contribution in [0.15, 0.2) is 24.3 Å². The van der Waals surface area contributed by atoms with Crippen LogP contribution in [-0.2, 0) is 24.2 Å². The molecule has 0 saturated carbocycles. The van der Waals surface area contributed by atoms with Crippen LogP contribution in [0.5, 0.6) is 0 Å². The van der Waals surface area contributed by atoms with Gasteiger partial charge in [-0.2, -0.15) is 5.10 Å². The van der Waals surface area contributed by atoms with E-state index < -0.39 is 28.3 Å². The van der Waals surface area contributed by atoms with Crippen molar-refractivity contribution in [3.05, 3.63) is 41.2 Å². The molecule has 156 valence electrons. The van der Waals surface area contributed by atoms with Crippen molar-refractivity contribution in [1.29, 1.82) is 0 Å². The molecule has 1 aromatic heterocycles. The third-order valence-corrected chi connectivity index (χ3v) is 6.82. The standard InChI is InChI=1S/C20H25N3O5S/c1-13-4-6-17(7-5-13)23-15(3)20(14(2)22-23)21-18(24)11-28-19(25)10-16-8-9-29(26,27)12-16/h4-7,16H,8-12H2,1-3H3,(H,21,24). The zero-order valence-corrected chi connectivity index (χ0v) is 17.6. The Bertz CT molecular complexity index is 1030. The maximum Gasteiger partial charge on any atom is 0.306 e. The minimum Gasteiger partial charge on any atom is -0.456 e. The molecule has 9 heteroatoms. The molecule has 1 aliphatic rings. The molecule has 3 rings (SSSR count). The molecule has 1 saturated heterocycles. The molecule has 0 radical (unpaired) electrons. The molecule has 8 nitrogen and oxygen atoms in total. The summed E-state index contributed by atoms with van der Waals surface area (Å²) >= 11 is 0. The third-order valence-electron chi connectivity index (χ3n) is 4.98. The Kier molecular flexibility index (Phi) is 6.07. The molecule has 1 aliphatic heterocycles. The molecule has 2 heterocycles. The lowest BCUT2D eigenvalue weighted by Gasteiger charge is -2.09. The molecular weight excluding hydrogens is 394 g/mol. The Morgan fingerprint density at radius 1 is 1.21 bits per heavy atom. The average molecular weight is 420 g/mol. The SMILES string of the molecule is Cc1ccc(-n2nc(C)c(NC(=O)COC(=O)CC3CCS(=O)(=O)C3)c2C)cc1. The number of esters is 1. The van der Waals surface area contributed by atoms with Gasteiger partial charge in [0.15, 0.2) is 16.4 Å². The smallest absolute Gasteiger partial charge is 0.306 e. The normalized spacial score (nSPS) is 17.8. The summed E-state index contributed by atoms with van der Waals surface area (Å²) in [6.07, 6.45) is 0.468. The molecule has 0 spiro atoms. The second-order valence-electron chi connectivity index (χ2n) is 7.48. The number of nitrogens with one attached hydrogen (secondary N) is 1. The highest BCUT2D eigenvalue weighted by atomic mass is 32.2. The van der Waals surface area contributed by atoms with Crippen LogP contribution < -0.4 is 5.32 Å². The van der Waals surface area contributed by atoms with E-state index in [9.17, 15) is 18.0 Å². The zero-order chi connectivity index (χ0) is 21.2. The number of aromatic nitrogens is 2. The Balaban J connectivity index is 1.57. The molecule has 0 aliphatic carbocycles. The third kappa shape index (κ3) is 5.23. The molecule has 1 N–H and O–H groups in total.